The first-order chi connectivity index (χ1) is 7.58. The Hall–Kier alpha value is -1.43. The van der Waals surface area contributed by atoms with Gasteiger partial charge in [0, 0.05) is 13.5 Å². The zero-order valence-corrected chi connectivity index (χ0v) is 9.80. The third kappa shape index (κ3) is 2.06. The largest absolute Gasteiger partial charge is 0.337 e. The molecule has 0 aliphatic carbocycles. The Morgan fingerprint density at radius 1 is 1.56 bits per heavy atom. The molecule has 0 aromatic carbocycles. The van der Waals surface area contributed by atoms with Gasteiger partial charge in [-0.2, -0.15) is 4.98 Å². The molecule has 1 aliphatic rings. The second-order valence-corrected chi connectivity index (χ2v) is 4.35. The molecule has 6 heteroatoms. The molecule has 0 unspecified atom stereocenters. The average Bonchev–Trinajstić information content (AvgIpc) is 2.75. The fourth-order valence-electron chi connectivity index (χ4n) is 1.84. The summed E-state index contributed by atoms with van der Waals surface area (Å²) in [5.41, 5.74) is 0. The van der Waals surface area contributed by atoms with E-state index in [0.29, 0.717) is 24.7 Å². The van der Waals surface area contributed by atoms with Crippen LogP contribution in [0.4, 0.5) is 0 Å². The van der Waals surface area contributed by atoms with E-state index in [9.17, 15) is 4.79 Å². The molecule has 6 nitrogen and oxygen atoms in total. The van der Waals surface area contributed by atoms with Gasteiger partial charge in [-0.1, -0.05) is 5.16 Å². The second kappa shape index (κ2) is 4.21. The van der Waals surface area contributed by atoms with E-state index in [1.165, 1.54) is 0 Å². The fourth-order valence-corrected chi connectivity index (χ4v) is 1.84. The molecule has 88 valence electrons. The van der Waals surface area contributed by atoms with Gasteiger partial charge in [0.2, 0.25) is 11.8 Å². The molecule has 1 atom stereocenters. The first-order valence-electron chi connectivity index (χ1n) is 5.31. The van der Waals surface area contributed by atoms with Crippen molar-refractivity contribution in [3.63, 3.8) is 0 Å². The Bertz CT molecular complexity index is 388. The van der Waals surface area contributed by atoms with Crippen LogP contribution in [0.5, 0.6) is 0 Å². The maximum absolute atomic E-state index is 11.4. The van der Waals surface area contributed by atoms with Crippen molar-refractivity contribution in [2.75, 3.05) is 21.1 Å². The van der Waals surface area contributed by atoms with Crippen molar-refractivity contribution in [3.8, 4) is 0 Å². The van der Waals surface area contributed by atoms with E-state index in [2.05, 4.69) is 10.1 Å². The standard InChI is InChI=1S/C10H16N4O2/c1-13(2)6-8-11-10(16-12-8)7-4-5-9(15)14(7)3/h7H,4-6H2,1-3H3/t7-/m0/s1. The van der Waals surface area contributed by atoms with Gasteiger partial charge in [0.25, 0.3) is 0 Å². The first kappa shape index (κ1) is 11.1. The molecule has 1 aromatic rings. The van der Waals surface area contributed by atoms with Crippen LogP contribution in [0.3, 0.4) is 0 Å². The minimum Gasteiger partial charge on any atom is -0.337 e. The summed E-state index contributed by atoms with van der Waals surface area (Å²) in [6.07, 6.45) is 1.32. The van der Waals surface area contributed by atoms with Crippen LogP contribution in [0.25, 0.3) is 0 Å². The molecule has 0 bridgehead atoms. The number of aromatic nitrogens is 2. The molecule has 0 saturated carbocycles. The number of rotatable bonds is 3. The highest BCUT2D eigenvalue weighted by molar-refractivity contribution is 5.78. The second-order valence-electron chi connectivity index (χ2n) is 4.35. The topological polar surface area (TPSA) is 62.5 Å². The van der Waals surface area contributed by atoms with Gasteiger partial charge < -0.3 is 14.3 Å². The van der Waals surface area contributed by atoms with E-state index in [4.69, 9.17) is 4.52 Å². The Morgan fingerprint density at radius 3 is 2.88 bits per heavy atom. The van der Waals surface area contributed by atoms with Gasteiger partial charge in [-0.25, -0.2) is 0 Å². The lowest BCUT2D eigenvalue weighted by Gasteiger charge is -2.15. The molecule has 0 N–H and O–H groups in total. The summed E-state index contributed by atoms with van der Waals surface area (Å²) in [6, 6.07) is -0.0455. The van der Waals surface area contributed by atoms with E-state index < -0.39 is 0 Å². The Morgan fingerprint density at radius 2 is 2.31 bits per heavy atom. The molecule has 16 heavy (non-hydrogen) atoms. The van der Waals surface area contributed by atoms with E-state index in [-0.39, 0.29) is 11.9 Å². The number of amides is 1. The van der Waals surface area contributed by atoms with Crippen molar-refractivity contribution in [2.24, 2.45) is 0 Å². The first-order valence-corrected chi connectivity index (χ1v) is 5.31. The van der Waals surface area contributed by atoms with Crippen molar-refractivity contribution in [1.82, 2.24) is 19.9 Å². The third-order valence-corrected chi connectivity index (χ3v) is 2.72. The Labute approximate surface area is 94.2 Å². The van der Waals surface area contributed by atoms with Crippen LogP contribution in [0.1, 0.15) is 30.6 Å². The fraction of sp³-hybridized carbons (Fsp3) is 0.700. The van der Waals surface area contributed by atoms with Gasteiger partial charge in [-0.05, 0) is 20.5 Å². The van der Waals surface area contributed by atoms with Gasteiger partial charge in [-0.3, -0.25) is 4.79 Å². The molecule has 1 aromatic heterocycles. The van der Waals surface area contributed by atoms with Crippen LogP contribution in [0.2, 0.25) is 0 Å². The lowest BCUT2D eigenvalue weighted by atomic mass is 10.2. The predicted molar refractivity (Wildman–Crippen MR) is 56.4 cm³/mol. The number of likely N-dealkylation sites (tertiary alicyclic amines) is 1. The maximum atomic E-state index is 11.4. The predicted octanol–water partition coefficient (Wildman–Crippen LogP) is 0.424. The SMILES string of the molecule is CN(C)Cc1noc([C@@H]2CCC(=O)N2C)n1. The third-order valence-electron chi connectivity index (χ3n) is 2.72. The summed E-state index contributed by atoms with van der Waals surface area (Å²) in [5.74, 6) is 1.34. The highest BCUT2D eigenvalue weighted by Crippen LogP contribution is 2.29. The average molecular weight is 224 g/mol. The molecular weight excluding hydrogens is 208 g/mol. The van der Waals surface area contributed by atoms with Crippen molar-refractivity contribution in [2.45, 2.75) is 25.4 Å². The van der Waals surface area contributed by atoms with Gasteiger partial charge >= 0.3 is 0 Å². The minimum atomic E-state index is -0.0455. The lowest BCUT2D eigenvalue weighted by molar-refractivity contribution is -0.127. The van der Waals surface area contributed by atoms with Crippen molar-refractivity contribution >= 4 is 5.91 Å². The highest BCUT2D eigenvalue weighted by Gasteiger charge is 2.33. The van der Waals surface area contributed by atoms with E-state index in [0.717, 1.165) is 6.42 Å². The molecule has 1 fully saturated rings. The van der Waals surface area contributed by atoms with E-state index >= 15 is 0 Å². The molecule has 0 radical (unpaired) electrons. The van der Waals surface area contributed by atoms with Crippen LogP contribution >= 0.6 is 0 Å². The molecule has 1 aliphatic heterocycles. The summed E-state index contributed by atoms with van der Waals surface area (Å²) in [4.78, 5) is 19.3. The summed E-state index contributed by atoms with van der Waals surface area (Å²) >= 11 is 0. The molecule has 2 rings (SSSR count). The van der Waals surface area contributed by atoms with Crippen LogP contribution in [-0.2, 0) is 11.3 Å². The van der Waals surface area contributed by atoms with Gasteiger partial charge in [0.1, 0.15) is 6.04 Å². The monoisotopic (exact) mass is 224 g/mol. The molecule has 1 amide bonds. The van der Waals surface area contributed by atoms with Crippen molar-refractivity contribution < 1.29 is 9.32 Å². The minimum absolute atomic E-state index is 0.0455. The van der Waals surface area contributed by atoms with Gasteiger partial charge in [0.05, 0.1) is 6.54 Å². The van der Waals surface area contributed by atoms with Crippen LogP contribution < -0.4 is 0 Å². The summed E-state index contributed by atoms with van der Waals surface area (Å²) in [7, 11) is 5.67. The molecule has 1 saturated heterocycles. The molecule has 2 heterocycles. The van der Waals surface area contributed by atoms with Gasteiger partial charge in [-0.15, -0.1) is 0 Å². The Kier molecular flexibility index (Phi) is 2.91. The zero-order chi connectivity index (χ0) is 11.7. The Balaban J connectivity index is 2.10. The molecule has 0 spiro atoms. The maximum Gasteiger partial charge on any atom is 0.249 e. The van der Waals surface area contributed by atoms with Crippen LogP contribution in [0, 0.1) is 0 Å². The summed E-state index contributed by atoms with van der Waals surface area (Å²) < 4.78 is 5.19. The zero-order valence-electron chi connectivity index (χ0n) is 9.80. The van der Waals surface area contributed by atoms with Crippen molar-refractivity contribution in [1.29, 1.82) is 0 Å². The lowest BCUT2D eigenvalue weighted by Crippen LogP contribution is -2.22. The number of carbonyl (C=O) groups is 1. The van der Waals surface area contributed by atoms with Crippen LogP contribution in [0.15, 0.2) is 4.52 Å². The number of carbonyl (C=O) groups excluding carboxylic acids is 1. The van der Waals surface area contributed by atoms with Crippen molar-refractivity contribution in [3.05, 3.63) is 11.7 Å². The summed E-state index contributed by atoms with van der Waals surface area (Å²) in [5, 5.41) is 3.89. The quantitative estimate of drug-likeness (QED) is 0.744. The number of nitrogens with zero attached hydrogens (tertiary/aromatic N) is 4. The van der Waals surface area contributed by atoms with Crippen LogP contribution in [-0.4, -0.2) is 47.0 Å². The smallest absolute Gasteiger partial charge is 0.249 e. The van der Waals surface area contributed by atoms with E-state index in [1.807, 2.05) is 19.0 Å². The normalized spacial score (nSPS) is 21.1. The van der Waals surface area contributed by atoms with E-state index in [1.54, 1.807) is 11.9 Å². The summed E-state index contributed by atoms with van der Waals surface area (Å²) in [6.45, 7) is 0.647. The van der Waals surface area contributed by atoms with Gasteiger partial charge in [0.15, 0.2) is 5.82 Å². The highest BCUT2D eigenvalue weighted by atomic mass is 16.5. The number of hydrogen-bond acceptors (Lipinski definition) is 5. The number of hydrogen-bond donors (Lipinski definition) is 0. The molecular formula is C10H16N4O2.